The van der Waals surface area contributed by atoms with Gasteiger partial charge in [-0.2, -0.15) is 0 Å². The average molecular weight is 264 g/mol. The fourth-order valence-electron chi connectivity index (χ4n) is 1.01. The summed E-state index contributed by atoms with van der Waals surface area (Å²) in [5.74, 6) is -1.04. The molecule has 7 nitrogen and oxygen atoms in total. The van der Waals surface area contributed by atoms with Gasteiger partial charge in [-0.3, -0.25) is 9.59 Å². The van der Waals surface area contributed by atoms with Crippen molar-refractivity contribution in [2.45, 2.75) is 45.0 Å². The maximum Gasteiger partial charge on any atom is 0.305 e. The van der Waals surface area contributed by atoms with Crippen LogP contribution in [0.1, 0.15) is 26.7 Å². The molecule has 0 aliphatic rings. The Morgan fingerprint density at radius 3 is 1.50 bits per heavy atom. The van der Waals surface area contributed by atoms with E-state index in [-0.39, 0.29) is 12.8 Å². The van der Waals surface area contributed by atoms with Crippen molar-refractivity contribution in [2.75, 3.05) is 13.2 Å². The topological polar surface area (TPSA) is 113 Å². The van der Waals surface area contributed by atoms with E-state index in [1.807, 2.05) is 0 Å². The van der Waals surface area contributed by atoms with Crippen molar-refractivity contribution in [3.05, 3.63) is 0 Å². The van der Waals surface area contributed by atoms with Crippen LogP contribution in [0.15, 0.2) is 0 Å². The Kier molecular flexibility index (Phi) is 8.27. The van der Waals surface area contributed by atoms with Crippen LogP contribution in [-0.2, 0) is 19.1 Å². The fourth-order valence-corrected chi connectivity index (χ4v) is 1.01. The third kappa shape index (κ3) is 6.53. The third-order valence-corrected chi connectivity index (χ3v) is 2.20. The van der Waals surface area contributed by atoms with Gasteiger partial charge in [0, 0.05) is 12.8 Å². The molecular formula is C11H20O7. The van der Waals surface area contributed by atoms with Crippen LogP contribution < -0.4 is 0 Å². The number of ether oxygens (including phenoxy) is 2. The van der Waals surface area contributed by atoms with Gasteiger partial charge in [0.1, 0.15) is 31.5 Å². The van der Waals surface area contributed by atoms with Crippen LogP contribution >= 0.6 is 0 Å². The maximum atomic E-state index is 10.8. The summed E-state index contributed by atoms with van der Waals surface area (Å²) in [5, 5.41) is 28.3. The molecule has 0 aromatic rings. The highest BCUT2D eigenvalue weighted by Crippen LogP contribution is 2.03. The first kappa shape index (κ1) is 16.8. The van der Waals surface area contributed by atoms with Gasteiger partial charge in [-0.15, -0.1) is 0 Å². The Morgan fingerprint density at radius 2 is 1.22 bits per heavy atom. The molecule has 0 bridgehead atoms. The lowest BCUT2D eigenvalue weighted by molar-refractivity contribution is -0.157. The van der Waals surface area contributed by atoms with E-state index in [0.717, 1.165) is 0 Å². The molecule has 106 valence electrons. The van der Waals surface area contributed by atoms with Gasteiger partial charge in [-0.1, -0.05) is 13.8 Å². The lowest BCUT2D eigenvalue weighted by atomic mass is 10.1. The second-order valence-electron chi connectivity index (χ2n) is 3.70. The van der Waals surface area contributed by atoms with Crippen LogP contribution in [0.5, 0.6) is 0 Å². The van der Waals surface area contributed by atoms with Crippen LogP contribution in [0.3, 0.4) is 0 Å². The van der Waals surface area contributed by atoms with E-state index in [9.17, 15) is 24.9 Å². The SMILES string of the molecule is CCC(=O)OC[C@@H](O)[C@H](O)[C@@H](O)COC(=O)CC. The first-order valence-electron chi connectivity index (χ1n) is 5.77. The zero-order chi connectivity index (χ0) is 14.1. The summed E-state index contributed by atoms with van der Waals surface area (Å²) in [6.45, 7) is 2.33. The van der Waals surface area contributed by atoms with Crippen LogP contribution in [0.2, 0.25) is 0 Å². The predicted molar refractivity (Wildman–Crippen MR) is 60.5 cm³/mol. The highest BCUT2D eigenvalue weighted by Gasteiger charge is 2.26. The Bertz CT molecular complexity index is 240. The molecule has 0 aromatic heterocycles. The quantitative estimate of drug-likeness (QED) is 0.481. The summed E-state index contributed by atoms with van der Waals surface area (Å²) in [7, 11) is 0. The zero-order valence-corrected chi connectivity index (χ0v) is 10.5. The van der Waals surface area contributed by atoms with Crippen molar-refractivity contribution < 1.29 is 34.4 Å². The fraction of sp³-hybridized carbons (Fsp3) is 0.818. The molecule has 0 amide bonds. The maximum absolute atomic E-state index is 10.8. The molecule has 3 N–H and O–H groups in total. The molecule has 0 aliphatic carbocycles. The van der Waals surface area contributed by atoms with Crippen LogP contribution in [0.4, 0.5) is 0 Å². The zero-order valence-electron chi connectivity index (χ0n) is 10.5. The number of aliphatic hydroxyl groups excluding tert-OH is 3. The lowest BCUT2D eigenvalue weighted by Gasteiger charge is -2.22. The monoisotopic (exact) mass is 264 g/mol. The number of hydrogen-bond acceptors (Lipinski definition) is 7. The minimum absolute atomic E-state index is 0.152. The van der Waals surface area contributed by atoms with Crippen molar-refractivity contribution in [1.29, 1.82) is 0 Å². The minimum Gasteiger partial charge on any atom is -0.463 e. The Balaban J connectivity index is 3.99. The number of rotatable bonds is 8. The summed E-state index contributed by atoms with van der Waals surface area (Å²) in [6.07, 6.45) is -4.12. The predicted octanol–water partition coefficient (Wildman–Crippen LogP) is -1.02. The molecule has 0 saturated heterocycles. The highest BCUT2D eigenvalue weighted by atomic mass is 16.6. The summed E-state index contributed by atoms with van der Waals surface area (Å²) in [5.41, 5.74) is 0. The van der Waals surface area contributed by atoms with Gasteiger partial charge in [0.2, 0.25) is 0 Å². The molecular weight excluding hydrogens is 244 g/mol. The Labute approximate surface area is 105 Å². The molecule has 0 saturated carbocycles. The van der Waals surface area contributed by atoms with E-state index >= 15 is 0 Å². The molecule has 0 spiro atoms. The molecule has 0 radical (unpaired) electrons. The van der Waals surface area contributed by atoms with Gasteiger partial charge < -0.3 is 24.8 Å². The van der Waals surface area contributed by atoms with Gasteiger partial charge in [-0.05, 0) is 0 Å². The molecule has 0 fully saturated rings. The summed E-state index contributed by atoms with van der Waals surface area (Å²) >= 11 is 0. The van der Waals surface area contributed by atoms with Crippen molar-refractivity contribution >= 4 is 11.9 Å². The van der Waals surface area contributed by atoms with Gasteiger partial charge in [-0.25, -0.2) is 0 Å². The average Bonchev–Trinajstić information content (AvgIpc) is 2.39. The van der Waals surface area contributed by atoms with Gasteiger partial charge in [0.15, 0.2) is 0 Å². The smallest absolute Gasteiger partial charge is 0.305 e. The largest absolute Gasteiger partial charge is 0.463 e. The van der Waals surface area contributed by atoms with E-state index < -0.39 is 43.5 Å². The van der Waals surface area contributed by atoms with E-state index in [1.165, 1.54) is 0 Å². The van der Waals surface area contributed by atoms with Crippen molar-refractivity contribution in [1.82, 2.24) is 0 Å². The number of carbonyl (C=O) groups excluding carboxylic acids is 2. The minimum atomic E-state index is -1.56. The summed E-state index contributed by atoms with van der Waals surface area (Å²) < 4.78 is 9.21. The molecule has 18 heavy (non-hydrogen) atoms. The normalized spacial score (nSPS) is 15.6. The highest BCUT2D eigenvalue weighted by molar-refractivity contribution is 5.69. The molecule has 0 rings (SSSR count). The number of aliphatic hydroxyl groups is 3. The van der Waals surface area contributed by atoms with Gasteiger partial charge >= 0.3 is 11.9 Å². The van der Waals surface area contributed by atoms with E-state index in [2.05, 4.69) is 9.47 Å². The second kappa shape index (κ2) is 8.84. The molecule has 0 aliphatic heterocycles. The molecule has 0 unspecified atom stereocenters. The Morgan fingerprint density at radius 1 is 0.889 bits per heavy atom. The molecule has 3 atom stereocenters. The first-order valence-corrected chi connectivity index (χ1v) is 5.77. The standard InChI is InChI=1S/C11H20O7/c1-3-9(14)17-5-7(12)11(16)8(13)6-18-10(15)4-2/h7-8,11-13,16H,3-6H2,1-2H3/t7-,8+,11+. The number of carbonyl (C=O) groups is 2. The third-order valence-electron chi connectivity index (χ3n) is 2.20. The van der Waals surface area contributed by atoms with E-state index in [1.54, 1.807) is 13.8 Å². The summed E-state index contributed by atoms with van der Waals surface area (Å²) in [4.78, 5) is 21.6. The van der Waals surface area contributed by atoms with Crippen LogP contribution in [0, 0.1) is 0 Å². The number of esters is 2. The van der Waals surface area contributed by atoms with Crippen molar-refractivity contribution in [2.24, 2.45) is 0 Å². The second-order valence-corrected chi connectivity index (χ2v) is 3.70. The molecule has 7 heteroatoms. The van der Waals surface area contributed by atoms with E-state index in [0.29, 0.717) is 0 Å². The van der Waals surface area contributed by atoms with Gasteiger partial charge in [0.25, 0.3) is 0 Å². The van der Waals surface area contributed by atoms with Crippen molar-refractivity contribution in [3.63, 3.8) is 0 Å². The molecule has 0 aromatic carbocycles. The Hall–Kier alpha value is -1.18. The van der Waals surface area contributed by atoms with Crippen LogP contribution in [-0.4, -0.2) is 58.8 Å². The number of hydrogen-bond donors (Lipinski definition) is 3. The van der Waals surface area contributed by atoms with E-state index in [4.69, 9.17) is 0 Å². The van der Waals surface area contributed by atoms with Crippen molar-refractivity contribution in [3.8, 4) is 0 Å². The summed E-state index contributed by atoms with van der Waals surface area (Å²) in [6, 6.07) is 0. The lowest BCUT2D eigenvalue weighted by Crippen LogP contribution is -2.43. The van der Waals surface area contributed by atoms with Gasteiger partial charge in [0.05, 0.1) is 0 Å². The first-order chi connectivity index (χ1) is 8.42. The van der Waals surface area contributed by atoms with Crippen LogP contribution in [0.25, 0.3) is 0 Å². The molecule has 0 heterocycles.